The first kappa shape index (κ1) is 13.1. The Morgan fingerprint density at radius 3 is 2.71 bits per heavy atom. The smallest absolute Gasteiger partial charge is 0.404 e. The van der Waals surface area contributed by atoms with Crippen LogP contribution >= 0.6 is 0 Å². The van der Waals surface area contributed by atoms with Gasteiger partial charge in [-0.05, 0) is 25.5 Å². The molecule has 0 aliphatic rings. The monoisotopic (exact) mass is 235 g/mol. The van der Waals surface area contributed by atoms with Gasteiger partial charge < -0.3 is 15.2 Å². The number of ether oxygens (including phenoxy) is 2. The minimum Gasteiger partial charge on any atom is -0.489 e. The van der Waals surface area contributed by atoms with Crippen molar-refractivity contribution in [1.29, 1.82) is 0 Å². The zero-order chi connectivity index (χ0) is 12.8. The van der Waals surface area contributed by atoms with Crippen LogP contribution in [0.25, 0.3) is 5.57 Å². The van der Waals surface area contributed by atoms with Crippen LogP contribution in [-0.4, -0.2) is 18.8 Å². The normalized spacial score (nSPS) is 11.6. The molecule has 4 nitrogen and oxygen atoms in total. The van der Waals surface area contributed by atoms with Gasteiger partial charge in [0.05, 0.1) is 0 Å². The van der Waals surface area contributed by atoms with Crippen LogP contribution in [0.15, 0.2) is 30.8 Å². The van der Waals surface area contributed by atoms with Crippen molar-refractivity contribution in [3.63, 3.8) is 0 Å². The summed E-state index contributed by atoms with van der Waals surface area (Å²) in [6, 6.07) is 7.57. The predicted octanol–water partition coefficient (Wildman–Crippen LogP) is 2.58. The molecule has 0 heterocycles. The Morgan fingerprint density at radius 1 is 1.47 bits per heavy atom. The lowest BCUT2D eigenvalue weighted by molar-refractivity contribution is 0.0822. The fourth-order valence-corrected chi connectivity index (χ4v) is 1.38. The van der Waals surface area contributed by atoms with Crippen LogP contribution in [-0.2, 0) is 4.74 Å². The minimum atomic E-state index is -0.797. The van der Waals surface area contributed by atoms with Crippen molar-refractivity contribution in [2.45, 2.75) is 20.0 Å². The van der Waals surface area contributed by atoms with Crippen LogP contribution in [0.4, 0.5) is 4.79 Å². The van der Waals surface area contributed by atoms with Crippen molar-refractivity contribution in [1.82, 2.24) is 0 Å². The van der Waals surface area contributed by atoms with Crippen molar-refractivity contribution in [3.8, 4) is 5.75 Å². The number of benzene rings is 1. The first-order valence-corrected chi connectivity index (χ1v) is 5.34. The maximum absolute atomic E-state index is 10.5. The molecule has 0 aliphatic heterocycles. The fraction of sp³-hybridized carbons (Fsp3) is 0.308. The number of para-hydroxylation sites is 1. The highest BCUT2D eigenvalue weighted by molar-refractivity contribution is 5.67. The lowest BCUT2D eigenvalue weighted by Crippen LogP contribution is -2.25. The van der Waals surface area contributed by atoms with Gasteiger partial charge in [-0.15, -0.1) is 0 Å². The molecule has 17 heavy (non-hydrogen) atoms. The number of amides is 1. The third-order valence-corrected chi connectivity index (χ3v) is 2.14. The van der Waals surface area contributed by atoms with Gasteiger partial charge in [-0.2, -0.15) is 0 Å². The highest BCUT2D eigenvalue weighted by atomic mass is 16.6. The Bertz CT molecular complexity index is 415. The number of carbonyl (C=O) groups is 1. The maximum atomic E-state index is 10.5. The SMILES string of the molecule is C=C(C)c1ccccc1OCC(C)OC(N)=O. The first-order valence-electron chi connectivity index (χ1n) is 5.34. The van der Waals surface area contributed by atoms with Crippen molar-refractivity contribution in [2.75, 3.05) is 6.61 Å². The molecule has 0 aromatic heterocycles. The molecule has 0 fully saturated rings. The second kappa shape index (κ2) is 5.94. The molecule has 0 aliphatic carbocycles. The number of nitrogens with two attached hydrogens (primary N) is 1. The van der Waals surface area contributed by atoms with Crippen molar-refractivity contribution in [2.24, 2.45) is 5.73 Å². The van der Waals surface area contributed by atoms with E-state index in [9.17, 15) is 4.79 Å². The van der Waals surface area contributed by atoms with E-state index in [1.165, 1.54) is 0 Å². The van der Waals surface area contributed by atoms with Crippen molar-refractivity contribution < 1.29 is 14.3 Å². The summed E-state index contributed by atoms with van der Waals surface area (Å²) in [4.78, 5) is 10.5. The molecule has 0 saturated heterocycles. The summed E-state index contributed by atoms with van der Waals surface area (Å²) in [7, 11) is 0. The Balaban J connectivity index is 2.63. The van der Waals surface area contributed by atoms with Gasteiger partial charge in [0.15, 0.2) is 0 Å². The third-order valence-electron chi connectivity index (χ3n) is 2.14. The second-order valence-corrected chi connectivity index (χ2v) is 3.83. The molecule has 2 N–H and O–H groups in total. The molecule has 1 unspecified atom stereocenters. The van der Waals surface area contributed by atoms with E-state index in [-0.39, 0.29) is 12.7 Å². The Hall–Kier alpha value is -1.97. The topological polar surface area (TPSA) is 61.6 Å². The second-order valence-electron chi connectivity index (χ2n) is 3.83. The number of hydrogen-bond acceptors (Lipinski definition) is 3. The summed E-state index contributed by atoms with van der Waals surface area (Å²) in [6.45, 7) is 7.76. The summed E-state index contributed by atoms with van der Waals surface area (Å²) >= 11 is 0. The van der Waals surface area contributed by atoms with Gasteiger partial charge in [-0.3, -0.25) is 0 Å². The zero-order valence-electron chi connectivity index (χ0n) is 10.1. The van der Waals surface area contributed by atoms with E-state index in [1.807, 2.05) is 31.2 Å². The standard InChI is InChI=1S/C13H17NO3/c1-9(2)11-6-4-5-7-12(11)16-8-10(3)17-13(14)15/h4-7,10H,1,8H2,2-3H3,(H2,14,15). The first-order chi connectivity index (χ1) is 8.00. The summed E-state index contributed by atoms with van der Waals surface area (Å²) in [5, 5.41) is 0. The van der Waals surface area contributed by atoms with E-state index in [2.05, 4.69) is 6.58 Å². The van der Waals surface area contributed by atoms with Gasteiger partial charge in [0.1, 0.15) is 18.5 Å². The molecule has 1 aromatic rings. The van der Waals surface area contributed by atoms with Crippen LogP contribution in [0.1, 0.15) is 19.4 Å². The molecule has 0 spiro atoms. The van der Waals surface area contributed by atoms with Crippen molar-refractivity contribution in [3.05, 3.63) is 36.4 Å². The van der Waals surface area contributed by atoms with Gasteiger partial charge in [-0.25, -0.2) is 4.79 Å². The summed E-state index contributed by atoms with van der Waals surface area (Å²) in [6.07, 6.45) is -1.18. The molecular weight excluding hydrogens is 218 g/mol. The Kier molecular flexibility index (Phi) is 4.57. The zero-order valence-corrected chi connectivity index (χ0v) is 10.1. The molecule has 1 aromatic carbocycles. The number of carbonyl (C=O) groups excluding carboxylic acids is 1. The van der Waals surface area contributed by atoms with Crippen molar-refractivity contribution >= 4 is 11.7 Å². The molecule has 4 heteroatoms. The highest BCUT2D eigenvalue weighted by Gasteiger charge is 2.09. The number of rotatable bonds is 5. The average molecular weight is 235 g/mol. The van der Waals surface area contributed by atoms with Gasteiger partial charge in [-0.1, -0.05) is 24.8 Å². The lowest BCUT2D eigenvalue weighted by atomic mass is 10.1. The van der Waals surface area contributed by atoms with E-state index < -0.39 is 6.09 Å². The molecule has 92 valence electrons. The summed E-state index contributed by atoms with van der Waals surface area (Å²) in [5.41, 5.74) is 6.77. The van der Waals surface area contributed by atoms with Gasteiger partial charge in [0.2, 0.25) is 0 Å². The Morgan fingerprint density at radius 2 is 2.12 bits per heavy atom. The summed E-state index contributed by atoms with van der Waals surface area (Å²) < 4.78 is 10.3. The minimum absolute atomic E-state index is 0.257. The average Bonchev–Trinajstić information content (AvgIpc) is 2.25. The highest BCUT2D eigenvalue weighted by Crippen LogP contribution is 2.24. The molecule has 0 bridgehead atoms. The van der Waals surface area contributed by atoms with Crippen LogP contribution in [0.2, 0.25) is 0 Å². The van der Waals surface area contributed by atoms with E-state index in [4.69, 9.17) is 15.2 Å². The number of hydrogen-bond donors (Lipinski definition) is 1. The number of primary amides is 1. The molecule has 0 saturated carbocycles. The number of allylic oxidation sites excluding steroid dienone is 1. The molecule has 1 rings (SSSR count). The van der Waals surface area contributed by atoms with E-state index in [0.29, 0.717) is 0 Å². The third kappa shape index (κ3) is 4.18. The van der Waals surface area contributed by atoms with E-state index in [1.54, 1.807) is 6.92 Å². The van der Waals surface area contributed by atoms with Gasteiger partial charge >= 0.3 is 6.09 Å². The fourth-order valence-electron chi connectivity index (χ4n) is 1.38. The largest absolute Gasteiger partial charge is 0.489 e. The van der Waals surface area contributed by atoms with E-state index in [0.717, 1.165) is 16.9 Å². The molecule has 1 amide bonds. The van der Waals surface area contributed by atoms with Crippen LogP contribution in [0, 0.1) is 0 Å². The van der Waals surface area contributed by atoms with E-state index >= 15 is 0 Å². The van der Waals surface area contributed by atoms with Crippen LogP contribution < -0.4 is 10.5 Å². The quantitative estimate of drug-likeness (QED) is 0.853. The lowest BCUT2D eigenvalue weighted by Gasteiger charge is -2.15. The Labute approximate surface area is 101 Å². The summed E-state index contributed by atoms with van der Waals surface area (Å²) in [5.74, 6) is 0.722. The molecular formula is C13H17NO3. The predicted molar refractivity (Wildman–Crippen MR) is 66.8 cm³/mol. The molecule has 0 radical (unpaired) electrons. The van der Waals surface area contributed by atoms with Crippen LogP contribution in [0.5, 0.6) is 5.75 Å². The van der Waals surface area contributed by atoms with Gasteiger partial charge in [0.25, 0.3) is 0 Å². The molecule has 1 atom stereocenters. The van der Waals surface area contributed by atoms with Gasteiger partial charge in [0, 0.05) is 5.56 Å². The maximum Gasteiger partial charge on any atom is 0.404 e. The van der Waals surface area contributed by atoms with Crippen LogP contribution in [0.3, 0.4) is 0 Å².